The van der Waals surface area contributed by atoms with Crippen molar-refractivity contribution in [3.05, 3.63) is 35.1 Å². The van der Waals surface area contributed by atoms with Crippen molar-refractivity contribution >= 4 is 25.7 Å². The molecule has 0 saturated heterocycles. The lowest BCUT2D eigenvalue weighted by atomic mass is 10.1. The van der Waals surface area contributed by atoms with Gasteiger partial charge in [-0.15, -0.1) is 0 Å². The number of benzene rings is 1. The van der Waals surface area contributed by atoms with Crippen LogP contribution in [-0.2, 0) is 19.5 Å². The first-order valence-electron chi connectivity index (χ1n) is 4.12. The molecule has 1 aromatic rings. The van der Waals surface area contributed by atoms with Crippen molar-refractivity contribution < 1.29 is 22.3 Å². The summed E-state index contributed by atoms with van der Waals surface area (Å²) in [6.07, 6.45) is 0. The number of rotatable bonds is 3. The second kappa shape index (κ2) is 4.80. The smallest absolute Gasteiger partial charge is 0.338 e. The molecule has 0 bridgehead atoms. The van der Waals surface area contributed by atoms with E-state index >= 15 is 0 Å². The Balaban J connectivity index is 3.23. The maximum Gasteiger partial charge on any atom is 0.338 e. The van der Waals surface area contributed by atoms with E-state index < -0.39 is 26.6 Å². The number of hydrogen-bond acceptors (Lipinski definition) is 4. The summed E-state index contributed by atoms with van der Waals surface area (Å²) in [5.41, 5.74) is -0.0463. The van der Waals surface area contributed by atoms with Gasteiger partial charge in [-0.05, 0) is 17.7 Å². The average Bonchev–Trinajstić information content (AvgIpc) is 2.17. The summed E-state index contributed by atoms with van der Waals surface area (Å²) in [6, 6.07) is 3.13. The topological polar surface area (TPSA) is 60.4 Å². The Hall–Kier alpha value is -1.14. The van der Waals surface area contributed by atoms with Crippen LogP contribution in [0.2, 0.25) is 0 Å². The van der Waals surface area contributed by atoms with Gasteiger partial charge in [-0.1, -0.05) is 6.07 Å². The predicted octanol–water partition coefficient (Wildman–Crippen LogP) is 1.68. The first-order chi connectivity index (χ1) is 7.33. The average molecular weight is 267 g/mol. The monoisotopic (exact) mass is 266 g/mol. The molecular formula is C9H8ClFO4S. The number of halogens is 2. The van der Waals surface area contributed by atoms with Gasteiger partial charge in [-0.25, -0.2) is 17.6 Å². The molecule has 16 heavy (non-hydrogen) atoms. The van der Waals surface area contributed by atoms with Crippen LogP contribution in [0.4, 0.5) is 4.39 Å². The molecule has 1 aromatic carbocycles. The van der Waals surface area contributed by atoms with Gasteiger partial charge in [-0.3, -0.25) is 0 Å². The molecule has 0 aliphatic carbocycles. The van der Waals surface area contributed by atoms with E-state index in [-0.39, 0.29) is 11.1 Å². The quantitative estimate of drug-likeness (QED) is 0.617. The summed E-state index contributed by atoms with van der Waals surface area (Å²) < 4.78 is 39.0. The lowest BCUT2D eigenvalue weighted by Gasteiger charge is -2.06. The molecule has 0 radical (unpaired) electrons. The van der Waals surface area contributed by atoms with Gasteiger partial charge in [0.05, 0.1) is 18.4 Å². The van der Waals surface area contributed by atoms with Crippen LogP contribution in [0.5, 0.6) is 0 Å². The molecule has 0 saturated carbocycles. The molecule has 0 aliphatic rings. The van der Waals surface area contributed by atoms with E-state index in [0.717, 1.165) is 19.2 Å². The van der Waals surface area contributed by atoms with E-state index in [9.17, 15) is 17.6 Å². The fourth-order valence-corrected chi connectivity index (χ4v) is 2.14. The van der Waals surface area contributed by atoms with E-state index in [2.05, 4.69) is 4.74 Å². The minimum absolute atomic E-state index is 0.100. The molecule has 0 aromatic heterocycles. The lowest BCUT2D eigenvalue weighted by Crippen LogP contribution is -2.08. The largest absolute Gasteiger partial charge is 0.465 e. The van der Waals surface area contributed by atoms with Crippen LogP contribution in [0.15, 0.2) is 18.2 Å². The molecule has 0 fully saturated rings. The van der Waals surface area contributed by atoms with Gasteiger partial charge in [0.1, 0.15) is 5.82 Å². The van der Waals surface area contributed by atoms with E-state index in [1.807, 2.05) is 0 Å². The summed E-state index contributed by atoms with van der Waals surface area (Å²) >= 11 is 0. The molecule has 7 heteroatoms. The molecular weight excluding hydrogens is 259 g/mol. The summed E-state index contributed by atoms with van der Waals surface area (Å²) in [4.78, 5) is 11.2. The number of carbonyl (C=O) groups is 1. The lowest BCUT2D eigenvalue weighted by molar-refractivity contribution is 0.0599. The highest BCUT2D eigenvalue weighted by Crippen LogP contribution is 2.17. The zero-order valence-electron chi connectivity index (χ0n) is 8.24. The van der Waals surface area contributed by atoms with Crippen LogP contribution in [0.25, 0.3) is 0 Å². The van der Waals surface area contributed by atoms with Gasteiger partial charge in [0.2, 0.25) is 9.05 Å². The van der Waals surface area contributed by atoms with Crippen LogP contribution in [0.1, 0.15) is 15.9 Å². The van der Waals surface area contributed by atoms with Gasteiger partial charge in [0, 0.05) is 10.7 Å². The van der Waals surface area contributed by atoms with Crippen molar-refractivity contribution in [1.82, 2.24) is 0 Å². The third-order valence-electron chi connectivity index (χ3n) is 1.81. The Labute approximate surface area is 96.4 Å². The number of ether oxygens (including phenoxy) is 1. The Morgan fingerprint density at radius 1 is 1.50 bits per heavy atom. The number of esters is 1. The second-order valence-corrected chi connectivity index (χ2v) is 5.75. The van der Waals surface area contributed by atoms with Gasteiger partial charge in [0.15, 0.2) is 0 Å². The molecule has 4 nitrogen and oxygen atoms in total. The highest BCUT2D eigenvalue weighted by molar-refractivity contribution is 8.13. The zero-order chi connectivity index (χ0) is 12.3. The van der Waals surface area contributed by atoms with E-state index in [1.54, 1.807) is 0 Å². The number of carbonyl (C=O) groups excluding carboxylic acids is 1. The Morgan fingerprint density at radius 2 is 2.12 bits per heavy atom. The Bertz CT molecular complexity index is 512. The van der Waals surface area contributed by atoms with Crippen LogP contribution in [-0.4, -0.2) is 21.5 Å². The summed E-state index contributed by atoms with van der Waals surface area (Å²) in [5, 5.41) is 0. The van der Waals surface area contributed by atoms with Crippen LogP contribution in [0.3, 0.4) is 0 Å². The van der Waals surface area contributed by atoms with Gasteiger partial charge >= 0.3 is 5.97 Å². The number of methoxy groups -OCH3 is 1. The minimum atomic E-state index is -3.81. The summed E-state index contributed by atoms with van der Waals surface area (Å²) in [5.74, 6) is -2.02. The molecule has 0 aliphatic heterocycles. The SMILES string of the molecule is COC(=O)c1cc(F)ccc1CS(=O)(=O)Cl. The van der Waals surface area contributed by atoms with Crippen molar-refractivity contribution in [2.45, 2.75) is 5.75 Å². The molecule has 0 unspecified atom stereocenters. The van der Waals surface area contributed by atoms with Gasteiger partial charge in [0.25, 0.3) is 0 Å². The molecule has 0 atom stereocenters. The van der Waals surface area contributed by atoms with Crippen molar-refractivity contribution in [3.63, 3.8) is 0 Å². The van der Waals surface area contributed by atoms with Crippen LogP contribution >= 0.6 is 10.7 Å². The highest BCUT2D eigenvalue weighted by Gasteiger charge is 2.17. The first-order valence-corrected chi connectivity index (χ1v) is 6.60. The first kappa shape index (κ1) is 12.9. The standard InChI is InChI=1S/C9H8ClFO4S/c1-15-9(12)8-4-7(11)3-2-6(8)5-16(10,13)14/h2-4H,5H2,1H3. The van der Waals surface area contributed by atoms with Crippen molar-refractivity contribution in [1.29, 1.82) is 0 Å². The fraction of sp³-hybridized carbons (Fsp3) is 0.222. The van der Waals surface area contributed by atoms with Crippen molar-refractivity contribution in [2.75, 3.05) is 7.11 Å². The fourth-order valence-electron chi connectivity index (χ4n) is 1.16. The Kier molecular flexibility index (Phi) is 3.88. The third-order valence-corrected chi connectivity index (χ3v) is 2.79. The maximum absolute atomic E-state index is 12.9. The summed E-state index contributed by atoms with van der Waals surface area (Å²) in [6.45, 7) is 0. The molecule has 88 valence electrons. The molecule has 0 N–H and O–H groups in total. The van der Waals surface area contributed by atoms with Gasteiger partial charge < -0.3 is 4.74 Å². The molecule has 0 amide bonds. The minimum Gasteiger partial charge on any atom is -0.465 e. The molecule has 1 rings (SSSR count). The normalized spacial score (nSPS) is 11.2. The van der Waals surface area contributed by atoms with E-state index in [0.29, 0.717) is 0 Å². The summed E-state index contributed by atoms with van der Waals surface area (Å²) in [7, 11) is 2.36. The molecule has 0 spiro atoms. The van der Waals surface area contributed by atoms with Crippen molar-refractivity contribution in [2.24, 2.45) is 0 Å². The zero-order valence-corrected chi connectivity index (χ0v) is 9.81. The predicted molar refractivity (Wildman–Crippen MR) is 56.2 cm³/mol. The van der Waals surface area contributed by atoms with E-state index in [4.69, 9.17) is 10.7 Å². The van der Waals surface area contributed by atoms with Crippen LogP contribution < -0.4 is 0 Å². The van der Waals surface area contributed by atoms with Crippen molar-refractivity contribution in [3.8, 4) is 0 Å². The third kappa shape index (κ3) is 3.46. The van der Waals surface area contributed by atoms with E-state index in [1.165, 1.54) is 6.07 Å². The Morgan fingerprint density at radius 3 is 2.62 bits per heavy atom. The highest BCUT2D eigenvalue weighted by atomic mass is 35.7. The van der Waals surface area contributed by atoms with Gasteiger partial charge in [-0.2, -0.15) is 0 Å². The molecule has 0 heterocycles. The van der Waals surface area contributed by atoms with Crippen LogP contribution in [0, 0.1) is 5.82 Å². The maximum atomic E-state index is 12.9. The number of hydrogen-bond donors (Lipinski definition) is 0. The second-order valence-electron chi connectivity index (χ2n) is 2.98.